The van der Waals surface area contributed by atoms with Gasteiger partial charge in [0.05, 0.1) is 0 Å². The predicted molar refractivity (Wildman–Crippen MR) is 82.3 cm³/mol. The molecule has 1 fully saturated rings. The molecule has 0 spiro atoms. The van der Waals surface area contributed by atoms with Gasteiger partial charge in [0.1, 0.15) is 0 Å². The van der Waals surface area contributed by atoms with E-state index < -0.39 is 0 Å². The first-order valence-electron chi connectivity index (χ1n) is 7.23. The Kier molecular flexibility index (Phi) is 5.58. The van der Waals surface area contributed by atoms with E-state index in [1.54, 1.807) is 0 Å². The molecule has 0 saturated carbocycles. The van der Waals surface area contributed by atoms with E-state index >= 15 is 0 Å². The molecule has 2 rings (SSSR count). The fraction of sp³-hybridized carbons (Fsp3) is 0.625. The van der Waals surface area contributed by atoms with Crippen LogP contribution >= 0.6 is 11.8 Å². The molecular formula is C16H25NS. The van der Waals surface area contributed by atoms with Crippen LogP contribution in [0.15, 0.2) is 24.3 Å². The molecule has 18 heavy (non-hydrogen) atoms. The first-order chi connectivity index (χ1) is 8.81. The first-order valence-corrected chi connectivity index (χ1v) is 8.27. The fourth-order valence-electron chi connectivity index (χ4n) is 2.66. The van der Waals surface area contributed by atoms with Gasteiger partial charge >= 0.3 is 0 Å². The Morgan fingerprint density at radius 1 is 1.39 bits per heavy atom. The van der Waals surface area contributed by atoms with Gasteiger partial charge in [-0.3, -0.25) is 0 Å². The molecule has 1 N–H and O–H groups in total. The summed E-state index contributed by atoms with van der Waals surface area (Å²) in [5.74, 6) is 1.33. The number of benzene rings is 1. The molecule has 0 aliphatic carbocycles. The minimum Gasteiger partial charge on any atom is -0.309 e. The molecule has 2 heteroatoms. The standard InChI is InChI=1S/C16H25NS/c1-3-10-17-16(15-9-4-5-11-18-15)14-8-6-7-13(2)12-14/h6-8,12,15-17H,3-5,9-11H2,1-2H3. The Bertz CT molecular complexity index is 358. The van der Waals surface area contributed by atoms with Crippen molar-refractivity contribution in [2.24, 2.45) is 0 Å². The van der Waals surface area contributed by atoms with Crippen LogP contribution in [-0.2, 0) is 0 Å². The Morgan fingerprint density at radius 3 is 2.94 bits per heavy atom. The van der Waals surface area contributed by atoms with Crippen molar-refractivity contribution in [1.29, 1.82) is 0 Å². The van der Waals surface area contributed by atoms with Gasteiger partial charge in [-0.15, -0.1) is 0 Å². The third kappa shape index (κ3) is 3.76. The van der Waals surface area contributed by atoms with Gasteiger partial charge in [0.15, 0.2) is 0 Å². The van der Waals surface area contributed by atoms with E-state index in [4.69, 9.17) is 0 Å². The number of nitrogens with one attached hydrogen (secondary N) is 1. The summed E-state index contributed by atoms with van der Waals surface area (Å²) in [5, 5.41) is 4.52. The van der Waals surface area contributed by atoms with E-state index in [9.17, 15) is 0 Å². The lowest BCUT2D eigenvalue weighted by Gasteiger charge is -2.31. The summed E-state index contributed by atoms with van der Waals surface area (Å²) in [6.45, 7) is 5.55. The molecule has 1 heterocycles. The Morgan fingerprint density at radius 2 is 2.28 bits per heavy atom. The van der Waals surface area contributed by atoms with Crippen molar-refractivity contribution >= 4 is 11.8 Å². The maximum Gasteiger partial charge on any atom is 0.0440 e. The molecule has 0 amide bonds. The van der Waals surface area contributed by atoms with Crippen LogP contribution in [0.4, 0.5) is 0 Å². The Hall–Kier alpha value is -0.470. The van der Waals surface area contributed by atoms with Gasteiger partial charge in [-0.2, -0.15) is 11.8 Å². The van der Waals surface area contributed by atoms with Crippen LogP contribution in [0.3, 0.4) is 0 Å². The monoisotopic (exact) mass is 263 g/mol. The highest BCUT2D eigenvalue weighted by molar-refractivity contribution is 8.00. The summed E-state index contributed by atoms with van der Waals surface area (Å²) in [4.78, 5) is 0. The lowest BCUT2D eigenvalue weighted by molar-refractivity contribution is 0.479. The third-order valence-electron chi connectivity index (χ3n) is 3.60. The summed E-state index contributed by atoms with van der Waals surface area (Å²) < 4.78 is 0. The van der Waals surface area contributed by atoms with Gasteiger partial charge in [0, 0.05) is 11.3 Å². The average molecular weight is 263 g/mol. The van der Waals surface area contributed by atoms with E-state index in [1.807, 2.05) is 0 Å². The molecule has 1 aromatic rings. The highest BCUT2D eigenvalue weighted by atomic mass is 32.2. The average Bonchev–Trinajstić information content (AvgIpc) is 2.40. The number of hydrogen-bond donors (Lipinski definition) is 1. The van der Waals surface area contributed by atoms with Crippen molar-refractivity contribution in [3.8, 4) is 0 Å². The molecule has 1 aliphatic heterocycles. The smallest absolute Gasteiger partial charge is 0.0440 e. The largest absolute Gasteiger partial charge is 0.309 e. The summed E-state index contributed by atoms with van der Waals surface area (Å²) in [5.41, 5.74) is 2.85. The van der Waals surface area contributed by atoms with Gasteiger partial charge in [-0.1, -0.05) is 43.2 Å². The molecule has 1 aromatic carbocycles. The van der Waals surface area contributed by atoms with E-state index in [1.165, 1.54) is 42.6 Å². The van der Waals surface area contributed by atoms with Gasteiger partial charge in [-0.05, 0) is 44.0 Å². The topological polar surface area (TPSA) is 12.0 Å². The molecule has 0 bridgehead atoms. The minimum atomic E-state index is 0.537. The second-order valence-corrected chi connectivity index (χ2v) is 6.60. The third-order valence-corrected chi connectivity index (χ3v) is 5.06. The summed E-state index contributed by atoms with van der Waals surface area (Å²) in [7, 11) is 0. The lowest BCUT2D eigenvalue weighted by Crippen LogP contribution is -2.32. The van der Waals surface area contributed by atoms with E-state index in [0.29, 0.717) is 6.04 Å². The second kappa shape index (κ2) is 7.20. The van der Waals surface area contributed by atoms with Gasteiger partial charge in [0.25, 0.3) is 0 Å². The molecule has 2 unspecified atom stereocenters. The van der Waals surface area contributed by atoms with Crippen LogP contribution in [0.2, 0.25) is 0 Å². The number of aryl methyl sites for hydroxylation is 1. The predicted octanol–water partition coefficient (Wildman–Crippen LogP) is 4.32. The molecule has 1 aliphatic rings. The van der Waals surface area contributed by atoms with Crippen LogP contribution in [0.25, 0.3) is 0 Å². The van der Waals surface area contributed by atoms with Crippen LogP contribution in [0.5, 0.6) is 0 Å². The summed E-state index contributed by atoms with van der Waals surface area (Å²) in [6, 6.07) is 9.56. The molecule has 100 valence electrons. The normalized spacial score (nSPS) is 21.8. The van der Waals surface area contributed by atoms with Crippen LogP contribution in [0, 0.1) is 6.92 Å². The van der Waals surface area contributed by atoms with Crippen LogP contribution < -0.4 is 5.32 Å². The van der Waals surface area contributed by atoms with Gasteiger partial charge < -0.3 is 5.32 Å². The zero-order chi connectivity index (χ0) is 12.8. The Labute approximate surface area is 116 Å². The summed E-state index contributed by atoms with van der Waals surface area (Å²) in [6.07, 6.45) is 5.36. The van der Waals surface area contributed by atoms with Crippen molar-refractivity contribution < 1.29 is 0 Å². The summed E-state index contributed by atoms with van der Waals surface area (Å²) >= 11 is 2.16. The molecule has 0 radical (unpaired) electrons. The van der Waals surface area contributed by atoms with Crippen LogP contribution in [-0.4, -0.2) is 17.5 Å². The molecule has 1 saturated heterocycles. The fourth-order valence-corrected chi connectivity index (χ4v) is 4.11. The van der Waals surface area contributed by atoms with E-state index in [2.05, 4.69) is 55.2 Å². The van der Waals surface area contributed by atoms with E-state index in [0.717, 1.165) is 11.8 Å². The SMILES string of the molecule is CCCNC(c1cccc(C)c1)C1CCCCS1. The number of thioether (sulfide) groups is 1. The maximum atomic E-state index is 3.76. The van der Waals surface area contributed by atoms with Gasteiger partial charge in [0.2, 0.25) is 0 Å². The molecular weight excluding hydrogens is 238 g/mol. The quantitative estimate of drug-likeness (QED) is 0.849. The van der Waals surface area contributed by atoms with Crippen molar-refractivity contribution in [2.45, 2.75) is 50.8 Å². The lowest BCUT2D eigenvalue weighted by atomic mass is 9.98. The van der Waals surface area contributed by atoms with Crippen molar-refractivity contribution in [3.63, 3.8) is 0 Å². The van der Waals surface area contributed by atoms with Crippen molar-refractivity contribution in [1.82, 2.24) is 5.32 Å². The first kappa shape index (κ1) is 14.0. The molecule has 0 aromatic heterocycles. The zero-order valence-corrected chi connectivity index (χ0v) is 12.4. The van der Waals surface area contributed by atoms with Gasteiger partial charge in [-0.25, -0.2) is 0 Å². The second-order valence-electron chi connectivity index (χ2n) is 5.25. The van der Waals surface area contributed by atoms with Crippen LogP contribution in [0.1, 0.15) is 49.8 Å². The highest BCUT2D eigenvalue weighted by Crippen LogP contribution is 2.35. The Balaban J connectivity index is 2.12. The zero-order valence-electron chi connectivity index (χ0n) is 11.6. The maximum absolute atomic E-state index is 3.76. The number of hydrogen-bond acceptors (Lipinski definition) is 2. The van der Waals surface area contributed by atoms with Crippen molar-refractivity contribution in [2.75, 3.05) is 12.3 Å². The van der Waals surface area contributed by atoms with Crippen molar-refractivity contribution in [3.05, 3.63) is 35.4 Å². The highest BCUT2D eigenvalue weighted by Gasteiger charge is 2.24. The molecule has 1 nitrogen and oxygen atoms in total. The number of rotatable bonds is 5. The molecule has 2 atom stereocenters. The minimum absolute atomic E-state index is 0.537. The van der Waals surface area contributed by atoms with E-state index in [-0.39, 0.29) is 0 Å².